The summed E-state index contributed by atoms with van der Waals surface area (Å²) in [5.41, 5.74) is 0.911. The van der Waals surface area contributed by atoms with E-state index in [1.54, 1.807) is 30.3 Å². The van der Waals surface area contributed by atoms with Crippen LogP contribution in [0.15, 0.2) is 57.4 Å². The lowest BCUT2D eigenvalue weighted by Gasteiger charge is -2.21. The summed E-state index contributed by atoms with van der Waals surface area (Å²) >= 11 is 0.274. The smallest absolute Gasteiger partial charge is 0.363 e. The number of carbonyl (C=O) groups excluding carboxylic acids is 1. The predicted octanol–water partition coefficient (Wildman–Crippen LogP) is 3.46. The van der Waals surface area contributed by atoms with Crippen LogP contribution in [0.25, 0.3) is 6.08 Å². The summed E-state index contributed by atoms with van der Waals surface area (Å²) in [5.74, 6) is -0.232. The fourth-order valence-corrected chi connectivity index (χ4v) is 4.23. The highest BCUT2D eigenvalue weighted by Gasteiger charge is 2.26. The number of hydrogen-bond donors (Lipinski definition) is 0. The zero-order valence-corrected chi connectivity index (χ0v) is 15.6. The van der Waals surface area contributed by atoms with Crippen LogP contribution in [0.5, 0.6) is 0 Å². The van der Waals surface area contributed by atoms with Crippen molar-refractivity contribution in [3.8, 4) is 0 Å². The normalized spacial score (nSPS) is 17.0. The van der Waals surface area contributed by atoms with Gasteiger partial charge in [0, 0.05) is 29.6 Å². The Kier molecular flexibility index (Phi) is 5.70. The van der Waals surface area contributed by atoms with Crippen LogP contribution in [-0.4, -0.2) is 33.8 Å². The van der Waals surface area contributed by atoms with Gasteiger partial charge in [0.25, 0.3) is 0 Å². The molecule has 0 fully saturated rings. The van der Waals surface area contributed by atoms with E-state index in [1.807, 2.05) is 35.7 Å². The molecule has 2 aromatic rings. The summed E-state index contributed by atoms with van der Waals surface area (Å²) < 4.78 is 19.7. The summed E-state index contributed by atoms with van der Waals surface area (Å²) in [4.78, 5) is 17.9. The molecule has 1 aromatic carbocycles. The number of ether oxygens (including phenoxy) is 1. The lowest BCUT2D eigenvalue weighted by atomic mass is 10.2. The minimum absolute atomic E-state index is 0.242. The van der Waals surface area contributed by atoms with Crippen LogP contribution in [0.4, 0.5) is 0 Å². The van der Waals surface area contributed by atoms with Crippen molar-refractivity contribution in [2.24, 2.45) is 4.99 Å². The Balaban J connectivity index is 1.87. The average Bonchev–Trinajstić information content (AvgIpc) is 3.27. The van der Waals surface area contributed by atoms with E-state index in [-0.39, 0.29) is 11.6 Å². The molecule has 0 N–H and O–H groups in total. The highest BCUT2D eigenvalue weighted by Crippen LogP contribution is 2.23. The summed E-state index contributed by atoms with van der Waals surface area (Å²) in [5, 5.41) is 1.93. The van der Waals surface area contributed by atoms with Crippen LogP contribution < -0.4 is 0 Å². The number of esters is 1. The lowest BCUT2D eigenvalue weighted by Crippen LogP contribution is -2.30. The summed E-state index contributed by atoms with van der Waals surface area (Å²) in [7, 11) is 0. The van der Waals surface area contributed by atoms with Gasteiger partial charge in [-0.05, 0) is 43.5 Å². The Labute approximate surface area is 154 Å². The second kappa shape index (κ2) is 7.97. The molecule has 0 radical (unpaired) electrons. The average molecular weight is 374 g/mol. The van der Waals surface area contributed by atoms with Gasteiger partial charge in [-0.1, -0.05) is 12.1 Å². The van der Waals surface area contributed by atoms with Gasteiger partial charge in [-0.3, -0.25) is 0 Å². The second-order valence-electron chi connectivity index (χ2n) is 5.24. The number of carbonyl (C=O) groups is 1. The van der Waals surface area contributed by atoms with Gasteiger partial charge in [-0.2, -0.15) is 0 Å². The molecule has 0 aliphatic carbocycles. The van der Waals surface area contributed by atoms with Crippen molar-refractivity contribution >= 4 is 40.6 Å². The highest BCUT2D eigenvalue weighted by atomic mass is 32.2. The largest absolute Gasteiger partial charge is 0.593 e. The number of thiophene rings is 1. The molecular weight excluding hydrogens is 356 g/mol. The van der Waals surface area contributed by atoms with Crippen molar-refractivity contribution in [3.05, 3.63) is 57.9 Å². The zero-order valence-electron chi connectivity index (χ0n) is 14.0. The molecule has 1 aromatic heterocycles. The monoisotopic (exact) mass is 374 g/mol. The van der Waals surface area contributed by atoms with E-state index in [0.717, 1.165) is 4.88 Å². The Morgan fingerprint density at radius 1 is 1.28 bits per heavy atom. The van der Waals surface area contributed by atoms with Crippen LogP contribution in [0, 0.1) is 0 Å². The molecule has 2 heterocycles. The third-order valence-electron chi connectivity index (χ3n) is 3.67. The summed E-state index contributed by atoms with van der Waals surface area (Å²) in [6.45, 7) is 5.32. The quantitative estimate of drug-likeness (QED) is 0.441. The van der Waals surface area contributed by atoms with Crippen molar-refractivity contribution in [2.45, 2.75) is 18.7 Å². The molecule has 130 valence electrons. The molecule has 5 nitrogen and oxygen atoms in total. The molecule has 1 atom stereocenters. The number of benzene rings is 1. The van der Waals surface area contributed by atoms with Crippen molar-refractivity contribution in [2.75, 3.05) is 13.1 Å². The molecule has 7 heteroatoms. The number of aliphatic imine (C=N–C) groups is 1. The molecule has 0 saturated carbocycles. The van der Waals surface area contributed by atoms with Crippen LogP contribution in [0.1, 0.15) is 24.3 Å². The first-order chi connectivity index (χ1) is 12.1. The molecule has 0 spiro atoms. The standard InChI is InChI=1S/C18H18N2O3S2/c1-3-20(4-2)25(22)15-9-5-7-13(11-15)17-19-16(18(21)23-17)12-14-8-6-10-24-14/h5-12H,3-4H2,1-2H3/b16-12+. The van der Waals surface area contributed by atoms with Crippen LogP contribution in [-0.2, 0) is 20.9 Å². The van der Waals surface area contributed by atoms with Crippen LogP contribution in [0.3, 0.4) is 0 Å². The molecular formula is C18H18N2O3S2. The molecule has 1 aliphatic rings. The molecule has 3 rings (SSSR count). The Morgan fingerprint density at radius 2 is 2.08 bits per heavy atom. The summed E-state index contributed by atoms with van der Waals surface area (Å²) in [6, 6.07) is 11.0. The lowest BCUT2D eigenvalue weighted by molar-refractivity contribution is -0.129. The van der Waals surface area contributed by atoms with E-state index in [0.29, 0.717) is 23.5 Å². The first kappa shape index (κ1) is 17.9. The Hall–Kier alpha value is -1.93. The Bertz CT molecular complexity index is 811. The van der Waals surface area contributed by atoms with Gasteiger partial charge >= 0.3 is 5.97 Å². The minimum Gasteiger partial charge on any atom is -0.593 e. The fourth-order valence-electron chi connectivity index (χ4n) is 2.39. The third-order valence-corrected chi connectivity index (χ3v) is 6.13. The van der Waals surface area contributed by atoms with E-state index in [9.17, 15) is 9.35 Å². The minimum atomic E-state index is -1.25. The number of hydrogen-bond acceptors (Lipinski definition) is 6. The van der Waals surface area contributed by atoms with Gasteiger partial charge in [0.2, 0.25) is 5.90 Å². The number of cyclic esters (lactones) is 1. The topological polar surface area (TPSA) is 65.0 Å². The maximum atomic E-state index is 12.6. The van der Waals surface area contributed by atoms with Gasteiger partial charge < -0.3 is 9.29 Å². The number of nitrogens with zero attached hydrogens (tertiary/aromatic N) is 2. The van der Waals surface area contributed by atoms with E-state index < -0.39 is 17.3 Å². The van der Waals surface area contributed by atoms with Crippen LogP contribution >= 0.6 is 11.3 Å². The molecule has 0 bridgehead atoms. The first-order valence-electron chi connectivity index (χ1n) is 7.95. The Morgan fingerprint density at radius 3 is 2.76 bits per heavy atom. The zero-order chi connectivity index (χ0) is 17.8. The van der Waals surface area contributed by atoms with E-state index in [4.69, 9.17) is 4.74 Å². The second-order valence-corrected chi connectivity index (χ2v) is 7.71. The first-order valence-corrected chi connectivity index (χ1v) is 9.94. The van der Waals surface area contributed by atoms with E-state index >= 15 is 0 Å². The van der Waals surface area contributed by atoms with E-state index in [2.05, 4.69) is 4.99 Å². The molecule has 1 unspecified atom stereocenters. The van der Waals surface area contributed by atoms with Crippen molar-refractivity contribution in [1.29, 1.82) is 0 Å². The fraction of sp³-hybridized carbons (Fsp3) is 0.222. The van der Waals surface area contributed by atoms with Crippen LogP contribution in [0.2, 0.25) is 0 Å². The van der Waals surface area contributed by atoms with Gasteiger partial charge in [0.05, 0.1) is 11.4 Å². The third kappa shape index (κ3) is 4.01. The van der Waals surface area contributed by atoms with Crippen molar-refractivity contribution in [3.63, 3.8) is 0 Å². The van der Waals surface area contributed by atoms with Gasteiger partial charge in [-0.15, -0.1) is 15.6 Å². The number of rotatable bonds is 6. The molecule has 0 saturated heterocycles. The maximum absolute atomic E-state index is 12.6. The SMILES string of the molecule is CCN(CC)[S+]([O-])c1cccc(C2=N/C(=C/c3cccs3)C(=O)O2)c1. The molecule has 1 aliphatic heterocycles. The molecule has 0 amide bonds. The highest BCUT2D eigenvalue weighted by molar-refractivity contribution is 7.89. The van der Waals surface area contributed by atoms with E-state index in [1.165, 1.54) is 11.3 Å². The maximum Gasteiger partial charge on any atom is 0.363 e. The summed E-state index contributed by atoms with van der Waals surface area (Å²) in [6.07, 6.45) is 1.71. The van der Waals surface area contributed by atoms with Gasteiger partial charge in [0.1, 0.15) is 0 Å². The molecule has 25 heavy (non-hydrogen) atoms. The van der Waals surface area contributed by atoms with Crippen molar-refractivity contribution in [1.82, 2.24) is 4.31 Å². The van der Waals surface area contributed by atoms with Crippen molar-refractivity contribution < 1.29 is 14.1 Å². The van der Waals surface area contributed by atoms with Gasteiger partial charge in [0.15, 0.2) is 10.6 Å². The van der Waals surface area contributed by atoms with Gasteiger partial charge in [-0.25, -0.2) is 9.79 Å². The predicted molar refractivity (Wildman–Crippen MR) is 101 cm³/mol.